The highest BCUT2D eigenvalue weighted by Crippen LogP contribution is 2.24. The van der Waals surface area contributed by atoms with Crippen LogP contribution in [0.5, 0.6) is 5.75 Å². The van der Waals surface area contributed by atoms with Crippen LogP contribution in [-0.4, -0.2) is 18.1 Å². The third-order valence-electron chi connectivity index (χ3n) is 4.26. The van der Waals surface area contributed by atoms with Crippen LogP contribution in [0.4, 0.5) is 5.69 Å². The number of anilines is 1. The molecule has 1 atom stereocenters. The van der Waals surface area contributed by atoms with Gasteiger partial charge in [0.15, 0.2) is 0 Å². The molecular formula is C23H31NO3. The minimum Gasteiger partial charge on any atom is -0.489 e. The van der Waals surface area contributed by atoms with Crippen LogP contribution >= 0.6 is 0 Å². The fourth-order valence-corrected chi connectivity index (χ4v) is 2.96. The zero-order chi connectivity index (χ0) is 19.7. The first-order valence-electron chi connectivity index (χ1n) is 9.65. The highest BCUT2D eigenvalue weighted by atomic mass is 16.5. The second kappa shape index (κ2) is 10.1. The summed E-state index contributed by atoms with van der Waals surface area (Å²) < 4.78 is 11.7. The van der Waals surface area contributed by atoms with E-state index in [0.29, 0.717) is 25.6 Å². The average Bonchev–Trinajstić information content (AvgIpc) is 2.66. The average molecular weight is 370 g/mol. The number of benzene rings is 2. The van der Waals surface area contributed by atoms with Crippen LogP contribution in [-0.2, 0) is 16.1 Å². The first-order chi connectivity index (χ1) is 12.9. The second-order valence-corrected chi connectivity index (χ2v) is 7.43. The lowest BCUT2D eigenvalue weighted by molar-refractivity contribution is -0.141. The van der Waals surface area contributed by atoms with Gasteiger partial charge >= 0.3 is 0 Å². The number of rotatable bonds is 10. The van der Waals surface area contributed by atoms with Crippen molar-refractivity contribution in [3.05, 3.63) is 60.2 Å². The Bertz CT molecular complexity index is 697. The van der Waals surface area contributed by atoms with Crippen molar-refractivity contribution in [2.45, 2.75) is 52.7 Å². The molecule has 0 saturated heterocycles. The van der Waals surface area contributed by atoms with Crippen molar-refractivity contribution in [1.82, 2.24) is 0 Å². The molecule has 0 aromatic heterocycles. The molecule has 4 heteroatoms. The number of hydrogen-bond donors (Lipinski definition) is 1. The first kappa shape index (κ1) is 21.0. The van der Waals surface area contributed by atoms with Gasteiger partial charge in [-0.2, -0.15) is 0 Å². The van der Waals surface area contributed by atoms with Crippen molar-refractivity contribution in [2.24, 2.45) is 5.92 Å². The third-order valence-corrected chi connectivity index (χ3v) is 4.26. The topological polar surface area (TPSA) is 47.6 Å². The number of ether oxygens (including phenoxy) is 2. The van der Waals surface area contributed by atoms with Crippen LogP contribution in [0.15, 0.2) is 54.6 Å². The zero-order valence-corrected chi connectivity index (χ0v) is 16.8. The smallest absolute Gasteiger partial charge is 0.256 e. The van der Waals surface area contributed by atoms with Crippen molar-refractivity contribution in [3.8, 4) is 5.75 Å². The summed E-state index contributed by atoms with van der Waals surface area (Å²) >= 11 is 0. The minimum absolute atomic E-state index is 0.109. The molecule has 4 nitrogen and oxygen atoms in total. The molecule has 27 heavy (non-hydrogen) atoms. The fraction of sp³-hybridized carbons (Fsp3) is 0.435. The highest BCUT2D eigenvalue weighted by Gasteiger charge is 2.34. The van der Waals surface area contributed by atoms with Crippen molar-refractivity contribution in [3.63, 3.8) is 0 Å². The molecule has 0 aliphatic heterocycles. The Labute approximate surface area is 162 Å². The SMILES string of the molecule is CCCO[C@](C)(CC(C)C)C(=O)Nc1ccc(OCc2ccccc2)cc1. The minimum atomic E-state index is -0.827. The standard InChI is InChI=1S/C23H31NO3/c1-5-15-27-23(4,16-18(2)3)22(25)24-20-11-13-21(14-12-20)26-17-19-9-7-6-8-10-19/h6-14,18H,5,15-17H2,1-4H3,(H,24,25)/t23-/m1/s1. The van der Waals surface area contributed by atoms with Crippen LogP contribution in [0.1, 0.15) is 46.1 Å². The van der Waals surface area contributed by atoms with E-state index in [-0.39, 0.29) is 5.91 Å². The molecule has 0 heterocycles. The van der Waals surface area contributed by atoms with Gasteiger partial charge in [-0.25, -0.2) is 0 Å². The molecule has 0 aliphatic rings. The lowest BCUT2D eigenvalue weighted by Crippen LogP contribution is -2.44. The largest absolute Gasteiger partial charge is 0.489 e. The Morgan fingerprint density at radius 1 is 1.07 bits per heavy atom. The first-order valence-corrected chi connectivity index (χ1v) is 9.65. The molecule has 146 valence electrons. The molecule has 2 aromatic carbocycles. The van der Waals surface area contributed by atoms with Crippen molar-refractivity contribution < 1.29 is 14.3 Å². The lowest BCUT2D eigenvalue weighted by Gasteiger charge is -2.30. The molecule has 2 rings (SSSR count). The van der Waals surface area contributed by atoms with E-state index in [0.717, 1.165) is 23.4 Å². The van der Waals surface area contributed by atoms with Gasteiger partial charge in [-0.15, -0.1) is 0 Å². The molecule has 1 amide bonds. The Morgan fingerprint density at radius 3 is 2.33 bits per heavy atom. The maximum atomic E-state index is 12.8. The number of carbonyl (C=O) groups is 1. The van der Waals surface area contributed by atoms with E-state index in [1.165, 1.54) is 0 Å². The van der Waals surface area contributed by atoms with Gasteiger partial charge in [-0.3, -0.25) is 4.79 Å². The van der Waals surface area contributed by atoms with E-state index in [4.69, 9.17) is 9.47 Å². The molecule has 0 bridgehead atoms. The molecule has 0 aliphatic carbocycles. The summed E-state index contributed by atoms with van der Waals surface area (Å²) in [6.07, 6.45) is 1.56. The number of carbonyl (C=O) groups excluding carboxylic acids is 1. The lowest BCUT2D eigenvalue weighted by atomic mass is 9.93. The maximum absolute atomic E-state index is 12.8. The number of amides is 1. The summed E-state index contributed by atoms with van der Waals surface area (Å²) in [5.74, 6) is 1.03. The van der Waals surface area contributed by atoms with E-state index in [9.17, 15) is 4.79 Å². The van der Waals surface area contributed by atoms with Gasteiger partial charge in [0.25, 0.3) is 5.91 Å². The van der Waals surface area contributed by atoms with Crippen LogP contribution in [0.2, 0.25) is 0 Å². The van der Waals surface area contributed by atoms with Crippen LogP contribution in [0.25, 0.3) is 0 Å². The summed E-state index contributed by atoms with van der Waals surface area (Å²) in [5.41, 5.74) is 1.03. The molecule has 2 aromatic rings. The Kier molecular flexibility index (Phi) is 7.86. The normalized spacial score (nSPS) is 13.2. The zero-order valence-electron chi connectivity index (χ0n) is 16.8. The van der Waals surface area contributed by atoms with E-state index in [2.05, 4.69) is 19.2 Å². The predicted octanol–water partition coefficient (Wildman–Crippen LogP) is 5.44. The van der Waals surface area contributed by atoms with Gasteiger partial charge in [-0.1, -0.05) is 51.1 Å². The predicted molar refractivity (Wildman–Crippen MR) is 110 cm³/mol. The third kappa shape index (κ3) is 6.72. The Morgan fingerprint density at radius 2 is 1.74 bits per heavy atom. The molecule has 0 spiro atoms. The monoisotopic (exact) mass is 369 g/mol. The van der Waals surface area contributed by atoms with Crippen LogP contribution in [0, 0.1) is 5.92 Å². The number of nitrogens with one attached hydrogen (secondary N) is 1. The molecule has 0 radical (unpaired) electrons. The van der Waals surface area contributed by atoms with E-state index < -0.39 is 5.60 Å². The maximum Gasteiger partial charge on any atom is 0.256 e. The van der Waals surface area contributed by atoms with Gasteiger partial charge in [0.05, 0.1) is 0 Å². The van der Waals surface area contributed by atoms with Crippen molar-refractivity contribution in [1.29, 1.82) is 0 Å². The highest BCUT2D eigenvalue weighted by molar-refractivity contribution is 5.97. The summed E-state index contributed by atoms with van der Waals surface area (Å²) in [5, 5.41) is 2.98. The molecule has 1 N–H and O–H groups in total. The van der Waals surface area contributed by atoms with Gasteiger partial charge in [0, 0.05) is 12.3 Å². The van der Waals surface area contributed by atoms with E-state index in [1.807, 2.05) is 68.4 Å². The van der Waals surface area contributed by atoms with Gasteiger partial charge in [-0.05, 0) is 55.5 Å². The number of hydrogen-bond acceptors (Lipinski definition) is 3. The van der Waals surface area contributed by atoms with E-state index in [1.54, 1.807) is 0 Å². The summed E-state index contributed by atoms with van der Waals surface area (Å²) in [6, 6.07) is 17.5. The van der Waals surface area contributed by atoms with Crippen molar-refractivity contribution in [2.75, 3.05) is 11.9 Å². The summed E-state index contributed by atoms with van der Waals surface area (Å²) in [4.78, 5) is 12.8. The Hall–Kier alpha value is -2.33. The summed E-state index contributed by atoms with van der Waals surface area (Å²) in [7, 11) is 0. The van der Waals surface area contributed by atoms with Gasteiger partial charge in [0.1, 0.15) is 18.0 Å². The molecule has 0 saturated carbocycles. The Balaban J connectivity index is 1.96. The fourth-order valence-electron chi connectivity index (χ4n) is 2.96. The van der Waals surface area contributed by atoms with Gasteiger partial charge in [0.2, 0.25) is 0 Å². The summed E-state index contributed by atoms with van der Waals surface area (Å²) in [6.45, 7) is 9.20. The quantitative estimate of drug-likeness (QED) is 0.607. The van der Waals surface area contributed by atoms with E-state index >= 15 is 0 Å². The second-order valence-electron chi connectivity index (χ2n) is 7.43. The molecular weight excluding hydrogens is 338 g/mol. The molecule has 0 unspecified atom stereocenters. The molecule has 0 fully saturated rings. The van der Waals surface area contributed by atoms with Crippen LogP contribution < -0.4 is 10.1 Å². The van der Waals surface area contributed by atoms with Crippen LogP contribution in [0.3, 0.4) is 0 Å². The van der Waals surface area contributed by atoms with Gasteiger partial charge < -0.3 is 14.8 Å². The van der Waals surface area contributed by atoms with Crippen molar-refractivity contribution >= 4 is 11.6 Å².